The molecule has 3 aromatic rings. The van der Waals surface area contributed by atoms with Crippen LogP contribution in [0, 0.1) is 0 Å². The van der Waals surface area contributed by atoms with Gasteiger partial charge < -0.3 is 14.4 Å². The monoisotopic (exact) mass is 386 g/mol. The summed E-state index contributed by atoms with van der Waals surface area (Å²) >= 11 is 0. The average molecular weight is 386 g/mol. The third kappa shape index (κ3) is 4.12. The van der Waals surface area contributed by atoms with Gasteiger partial charge in [0.2, 0.25) is 5.95 Å². The fourth-order valence-electron chi connectivity index (χ4n) is 2.63. The molecule has 0 amide bonds. The number of benzene rings is 1. The van der Waals surface area contributed by atoms with E-state index in [1.54, 1.807) is 26.0 Å². The Kier molecular flexibility index (Phi) is 5.59. The van der Waals surface area contributed by atoms with Crippen LogP contribution in [0.3, 0.4) is 0 Å². The zero-order valence-corrected chi connectivity index (χ0v) is 15.8. The zero-order valence-electron chi connectivity index (χ0n) is 15.8. The Bertz CT molecular complexity index is 1110. The highest BCUT2D eigenvalue weighted by atomic mass is 16.5. The first-order valence-corrected chi connectivity index (χ1v) is 8.69. The maximum Gasteiger partial charge on any atom is 0.329 e. The van der Waals surface area contributed by atoms with Gasteiger partial charge in [-0.05, 0) is 26.0 Å². The van der Waals surface area contributed by atoms with E-state index in [9.17, 15) is 14.7 Å². The van der Waals surface area contributed by atoms with Crippen molar-refractivity contribution >= 4 is 22.8 Å². The van der Waals surface area contributed by atoms with Crippen molar-refractivity contribution in [2.24, 2.45) is 12.1 Å². The molecule has 10 heteroatoms. The number of para-hydroxylation sites is 1. The van der Waals surface area contributed by atoms with Crippen LogP contribution in [0.5, 0.6) is 5.75 Å². The predicted octanol–water partition coefficient (Wildman–Crippen LogP) is 0.671. The Morgan fingerprint density at radius 2 is 2.04 bits per heavy atom. The normalized spacial score (nSPS) is 12.0. The lowest BCUT2D eigenvalue weighted by molar-refractivity contribution is 0.0938. The maximum atomic E-state index is 12.4. The van der Waals surface area contributed by atoms with E-state index < -0.39 is 17.4 Å². The topological polar surface area (TPSA) is 127 Å². The highest BCUT2D eigenvalue weighted by Gasteiger charge is 2.19. The molecule has 1 aromatic carbocycles. The van der Waals surface area contributed by atoms with Crippen molar-refractivity contribution in [2.75, 3.05) is 12.0 Å². The molecule has 1 atom stereocenters. The van der Waals surface area contributed by atoms with Crippen molar-refractivity contribution in [3.63, 3.8) is 0 Å². The van der Waals surface area contributed by atoms with E-state index in [4.69, 9.17) is 4.74 Å². The lowest BCUT2D eigenvalue weighted by Crippen LogP contribution is -2.30. The molecular weight excluding hydrogens is 364 g/mol. The van der Waals surface area contributed by atoms with E-state index in [2.05, 4.69) is 20.5 Å². The molecule has 0 spiro atoms. The van der Waals surface area contributed by atoms with Crippen LogP contribution >= 0.6 is 0 Å². The number of nitrogens with zero attached hydrogens (tertiary/aromatic N) is 4. The minimum absolute atomic E-state index is 0.0167. The van der Waals surface area contributed by atoms with Crippen LogP contribution in [0.25, 0.3) is 11.2 Å². The number of hydrogen-bond donors (Lipinski definition) is 3. The van der Waals surface area contributed by atoms with Crippen LogP contribution in [0.15, 0.2) is 45.0 Å². The third-order valence-corrected chi connectivity index (χ3v) is 3.97. The molecule has 0 radical (unpaired) electrons. The number of H-pyrrole nitrogens is 1. The first-order chi connectivity index (χ1) is 13.4. The summed E-state index contributed by atoms with van der Waals surface area (Å²) in [4.78, 5) is 30.8. The molecule has 10 nitrogen and oxygen atoms in total. The minimum atomic E-state index is -0.929. The number of aryl methyl sites for hydroxylation is 1. The molecule has 0 bridgehead atoms. The van der Waals surface area contributed by atoms with Crippen molar-refractivity contribution in [2.45, 2.75) is 26.5 Å². The second kappa shape index (κ2) is 8.09. The van der Waals surface area contributed by atoms with Gasteiger partial charge in [0.1, 0.15) is 18.5 Å². The number of aromatic amines is 1. The van der Waals surface area contributed by atoms with Crippen LogP contribution in [0.2, 0.25) is 0 Å². The first-order valence-electron chi connectivity index (χ1n) is 8.69. The van der Waals surface area contributed by atoms with Crippen LogP contribution in [-0.4, -0.2) is 42.6 Å². The summed E-state index contributed by atoms with van der Waals surface area (Å²) in [7, 11) is 1.50. The van der Waals surface area contributed by atoms with Gasteiger partial charge in [-0.25, -0.2) is 10.2 Å². The lowest BCUT2D eigenvalue weighted by Gasteiger charge is -2.15. The third-order valence-electron chi connectivity index (χ3n) is 3.97. The number of aromatic nitrogens is 4. The minimum Gasteiger partial charge on any atom is -0.491 e. The van der Waals surface area contributed by atoms with E-state index in [0.717, 1.165) is 5.71 Å². The quantitative estimate of drug-likeness (QED) is 0.405. The molecule has 28 heavy (non-hydrogen) atoms. The standard InChI is InChI=1S/C18H22N6O4/c1-11(2)21-22-17-19-15-14(16(26)20-18(27)23(15)3)24(17)9-12(25)10-28-13-7-5-4-6-8-13/h4-8,12,25H,9-10H2,1-3H3,(H,19,22)(H,20,26,27). The second-order valence-electron chi connectivity index (χ2n) is 6.49. The number of anilines is 1. The molecule has 2 heterocycles. The van der Waals surface area contributed by atoms with Crippen LogP contribution in [0.1, 0.15) is 13.8 Å². The number of hydrogen-bond acceptors (Lipinski definition) is 7. The number of nitrogens with one attached hydrogen (secondary N) is 2. The molecule has 3 N–H and O–H groups in total. The predicted molar refractivity (Wildman–Crippen MR) is 106 cm³/mol. The summed E-state index contributed by atoms with van der Waals surface area (Å²) < 4.78 is 8.28. The summed E-state index contributed by atoms with van der Waals surface area (Å²) in [5.74, 6) is 0.864. The Balaban J connectivity index is 1.94. The van der Waals surface area contributed by atoms with Crippen molar-refractivity contribution in [1.82, 2.24) is 19.1 Å². The number of hydrazone groups is 1. The highest BCUT2D eigenvalue weighted by Crippen LogP contribution is 2.17. The summed E-state index contributed by atoms with van der Waals surface area (Å²) in [6.07, 6.45) is -0.929. The molecule has 2 aromatic heterocycles. The molecule has 0 aliphatic carbocycles. The van der Waals surface area contributed by atoms with Gasteiger partial charge in [0.05, 0.1) is 6.54 Å². The van der Waals surface area contributed by atoms with Crippen molar-refractivity contribution in [3.8, 4) is 5.75 Å². The Hall–Kier alpha value is -3.40. The van der Waals surface area contributed by atoms with E-state index in [1.165, 1.54) is 16.2 Å². The van der Waals surface area contributed by atoms with Gasteiger partial charge >= 0.3 is 5.69 Å². The molecule has 3 rings (SSSR count). The highest BCUT2D eigenvalue weighted by molar-refractivity contribution is 5.80. The number of ether oxygens (including phenoxy) is 1. The van der Waals surface area contributed by atoms with Gasteiger partial charge in [0, 0.05) is 12.8 Å². The molecule has 0 aliphatic heterocycles. The van der Waals surface area contributed by atoms with Crippen LogP contribution < -0.4 is 21.4 Å². The number of aliphatic hydroxyl groups is 1. The Labute approximate surface area is 160 Å². The smallest absolute Gasteiger partial charge is 0.329 e. The van der Waals surface area contributed by atoms with E-state index >= 15 is 0 Å². The molecular formula is C18H22N6O4. The number of fused-ring (bicyclic) bond motifs is 1. The zero-order chi connectivity index (χ0) is 20.3. The summed E-state index contributed by atoms with van der Waals surface area (Å²) in [5.41, 5.74) is 2.71. The van der Waals surface area contributed by atoms with Gasteiger partial charge in [0.25, 0.3) is 5.56 Å². The summed E-state index contributed by atoms with van der Waals surface area (Å²) in [5, 5.41) is 14.5. The SMILES string of the molecule is CC(C)=NNc1nc2c(c(=O)[nH]c(=O)n2C)n1CC(O)COc1ccccc1. The largest absolute Gasteiger partial charge is 0.491 e. The molecule has 0 saturated heterocycles. The van der Waals surface area contributed by atoms with E-state index in [-0.39, 0.29) is 30.3 Å². The average Bonchev–Trinajstić information content (AvgIpc) is 3.02. The molecule has 0 aliphatic rings. The molecule has 0 saturated carbocycles. The van der Waals surface area contributed by atoms with Crippen LogP contribution in [-0.2, 0) is 13.6 Å². The summed E-state index contributed by atoms with van der Waals surface area (Å²) in [6.45, 7) is 3.63. The summed E-state index contributed by atoms with van der Waals surface area (Å²) in [6, 6.07) is 9.10. The maximum absolute atomic E-state index is 12.4. The van der Waals surface area contributed by atoms with Gasteiger partial charge in [-0.1, -0.05) is 18.2 Å². The number of imidazole rings is 1. The fraction of sp³-hybridized carbons (Fsp3) is 0.333. The lowest BCUT2D eigenvalue weighted by atomic mass is 10.3. The number of aliphatic hydroxyl groups excluding tert-OH is 1. The van der Waals surface area contributed by atoms with Crippen molar-refractivity contribution in [3.05, 3.63) is 51.2 Å². The van der Waals surface area contributed by atoms with Crippen LogP contribution in [0.4, 0.5) is 5.95 Å². The molecule has 0 fully saturated rings. The Morgan fingerprint density at radius 3 is 2.71 bits per heavy atom. The Morgan fingerprint density at radius 1 is 1.32 bits per heavy atom. The molecule has 148 valence electrons. The van der Waals surface area contributed by atoms with Crippen molar-refractivity contribution in [1.29, 1.82) is 0 Å². The fourth-order valence-corrected chi connectivity index (χ4v) is 2.63. The van der Waals surface area contributed by atoms with Gasteiger partial charge in [-0.3, -0.25) is 14.3 Å². The first kappa shape index (κ1) is 19.4. The van der Waals surface area contributed by atoms with Gasteiger partial charge in [0.15, 0.2) is 11.2 Å². The van der Waals surface area contributed by atoms with E-state index in [1.807, 2.05) is 18.2 Å². The molecule has 1 unspecified atom stereocenters. The van der Waals surface area contributed by atoms with Gasteiger partial charge in [-0.2, -0.15) is 10.1 Å². The number of rotatable bonds is 7. The van der Waals surface area contributed by atoms with Crippen molar-refractivity contribution < 1.29 is 9.84 Å². The van der Waals surface area contributed by atoms with Gasteiger partial charge in [-0.15, -0.1) is 0 Å². The van der Waals surface area contributed by atoms with E-state index in [0.29, 0.717) is 5.75 Å². The second-order valence-corrected chi connectivity index (χ2v) is 6.49.